The predicted molar refractivity (Wildman–Crippen MR) is 170 cm³/mol. The number of aromatic nitrogens is 4. The average Bonchev–Trinajstić information content (AvgIpc) is 3.03. The molecule has 0 spiro atoms. The monoisotopic (exact) mass is 528 g/mol. The van der Waals surface area contributed by atoms with E-state index in [1.165, 1.54) is 5.56 Å². The first-order valence-electron chi connectivity index (χ1n) is 13.5. The Morgan fingerprint density at radius 3 is 1.90 bits per heavy atom. The Labute approximate surface area is 240 Å². The maximum absolute atomic E-state index is 4.85. The van der Waals surface area contributed by atoms with Crippen LogP contribution in [-0.2, 0) is 0 Å². The minimum absolute atomic E-state index is 0.555. The molecule has 0 saturated heterocycles. The van der Waals surface area contributed by atoms with E-state index in [9.17, 15) is 0 Å². The number of rotatable bonds is 7. The van der Waals surface area contributed by atoms with Crippen LogP contribution in [0.1, 0.15) is 11.5 Å². The summed E-state index contributed by atoms with van der Waals surface area (Å²) in [6, 6.07) is 37.5. The lowest BCUT2D eigenvalue weighted by molar-refractivity contribution is 1.04. The summed E-state index contributed by atoms with van der Waals surface area (Å²) in [6.07, 6.45) is 5.30. The van der Waals surface area contributed by atoms with Gasteiger partial charge in [-0.05, 0) is 53.4 Å². The number of allylic oxidation sites excluding steroid dienone is 4. The first kappa shape index (κ1) is 25.8. The molecule has 196 valence electrons. The molecule has 0 fully saturated rings. The van der Waals surface area contributed by atoms with E-state index in [-0.39, 0.29) is 0 Å². The van der Waals surface area contributed by atoms with E-state index in [1.807, 2.05) is 55.5 Å². The second-order valence-corrected chi connectivity index (χ2v) is 9.75. The van der Waals surface area contributed by atoms with Crippen molar-refractivity contribution in [3.8, 4) is 45.0 Å². The lowest BCUT2D eigenvalue weighted by Crippen LogP contribution is -2.02. The highest BCUT2D eigenvalue weighted by molar-refractivity contribution is 5.85. The van der Waals surface area contributed by atoms with Crippen molar-refractivity contribution in [3.05, 3.63) is 152 Å². The highest BCUT2D eigenvalue weighted by Gasteiger charge is 2.13. The van der Waals surface area contributed by atoms with Crippen LogP contribution >= 0.6 is 0 Å². The molecule has 4 aromatic carbocycles. The zero-order valence-corrected chi connectivity index (χ0v) is 22.8. The van der Waals surface area contributed by atoms with Gasteiger partial charge in [0.15, 0.2) is 17.5 Å². The van der Waals surface area contributed by atoms with E-state index >= 15 is 0 Å². The molecule has 0 unspecified atom stereocenters. The molecular weight excluding hydrogens is 500 g/mol. The normalized spacial score (nSPS) is 11.4. The summed E-state index contributed by atoms with van der Waals surface area (Å²) >= 11 is 0. The van der Waals surface area contributed by atoms with E-state index in [0.29, 0.717) is 17.5 Å². The van der Waals surface area contributed by atoms with Gasteiger partial charge in [0.2, 0.25) is 0 Å². The number of fused-ring (bicyclic) bond motifs is 1. The summed E-state index contributed by atoms with van der Waals surface area (Å²) in [5.74, 6) is 1.77. The number of hydrogen-bond donors (Lipinski definition) is 0. The molecule has 0 aliphatic heterocycles. The second-order valence-electron chi connectivity index (χ2n) is 9.75. The van der Waals surface area contributed by atoms with Gasteiger partial charge in [-0.2, -0.15) is 0 Å². The molecular formula is C37H28N4. The Morgan fingerprint density at radius 2 is 1.20 bits per heavy atom. The standard InChI is InChI=1S/C37H28N4/c1-4-10-26(5-2)35-39-36(29-11-7-6-8-12-29)41-37(40-35)33-14-9-13-30(24-33)27-17-19-28(20-18-27)31-21-22-34-32(23-31)16-15-25(3)38-34/h4-24H,1-2H2,3H3/b26-10+. The Hall–Kier alpha value is -5.48. The van der Waals surface area contributed by atoms with Crippen molar-refractivity contribution in [1.82, 2.24) is 19.9 Å². The minimum atomic E-state index is 0.555. The zero-order valence-electron chi connectivity index (χ0n) is 22.8. The molecule has 6 aromatic rings. The highest BCUT2D eigenvalue weighted by Crippen LogP contribution is 2.30. The van der Waals surface area contributed by atoms with Crippen LogP contribution in [0, 0.1) is 6.92 Å². The van der Waals surface area contributed by atoms with Crippen molar-refractivity contribution in [2.45, 2.75) is 6.92 Å². The Bertz CT molecular complexity index is 1920. The fraction of sp³-hybridized carbons (Fsp3) is 0.0270. The van der Waals surface area contributed by atoms with E-state index in [1.54, 1.807) is 12.2 Å². The Balaban J connectivity index is 1.36. The highest BCUT2D eigenvalue weighted by atomic mass is 15.0. The summed E-state index contributed by atoms with van der Waals surface area (Å²) in [5, 5.41) is 1.14. The first-order valence-corrected chi connectivity index (χ1v) is 13.5. The molecule has 2 aromatic heterocycles. The molecule has 0 saturated carbocycles. The summed E-state index contributed by atoms with van der Waals surface area (Å²) in [4.78, 5) is 19.0. The van der Waals surface area contributed by atoms with Gasteiger partial charge in [-0.25, -0.2) is 15.0 Å². The van der Waals surface area contributed by atoms with Gasteiger partial charge in [0.1, 0.15) is 0 Å². The van der Waals surface area contributed by atoms with Crippen LogP contribution in [0.3, 0.4) is 0 Å². The summed E-state index contributed by atoms with van der Waals surface area (Å²) in [7, 11) is 0. The third kappa shape index (κ3) is 5.49. The molecule has 4 nitrogen and oxygen atoms in total. The molecule has 0 bridgehead atoms. The second kappa shape index (κ2) is 11.3. The van der Waals surface area contributed by atoms with Crippen LogP contribution in [0.5, 0.6) is 0 Å². The zero-order chi connectivity index (χ0) is 28.2. The average molecular weight is 529 g/mol. The van der Waals surface area contributed by atoms with Gasteiger partial charge in [-0.15, -0.1) is 0 Å². The van der Waals surface area contributed by atoms with Gasteiger partial charge in [0, 0.05) is 27.8 Å². The summed E-state index contributed by atoms with van der Waals surface area (Å²) in [5.41, 5.74) is 9.18. The van der Waals surface area contributed by atoms with Crippen molar-refractivity contribution in [1.29, 1.82) is 0 Å². The fourth-order valence-corrected chi connectivity index (χ4v) is 4.81. The van der Waals surface area contributed by atoms with Gasteiger partial charge in [-0.3, -0.25) is 4.98 Å². The third-order valence-corrected chi connectivity index (χ3v) is 6.94. The maximum atomic E-state index is 4.85. The largest absolute Gasteiger partial charge is 0.253 e. The molecule has 0 aliphatic carbocycles. The number of benzene rings is 4. The van der Waals surface area contributed by atoms with Crippen molar-refractivity contribution in [2.75, 3.05) is 0 Å². The number of hydrogen-bond acceptors (Lipinski definition) is 4. The number of aryl methyl sites for hydroxylation is 1. The molecule has 0 radical (unpaired) electrons. The summed E-state index contributed by atoms with van der Waals surface area (Å²) < 4.78 is 0. The summed E-state index contributed by atoms with van der Waals surface area (Å²) in [6.45, 7) is 9.78. The fourth-order valence-electron chi connectivity index (χ4n) is 4.81. The van der Waals surface area contributed by atoms with Crippen molar-refractivity contribution < 1.29 is 0 Å². The molecule has 4 heteroatoms. The van der Waals surface area contributed by atoms with E-state index in [4.69, 9.17) is 15.0 Å². The molecule has 0 amide bonds. The quantitative estimate of drug-likeness (QED) is 0.194. The van der Waals surface area contributed by atoms with Crippen LogP contribution < -0.4 is 0 Å². The molecule has 2 heterocycles. The first-order chi connectivity index (χ1) is 20.1. The Morgan fingerprint density at radius 1 is 0.561 bits per heavy atom. The van der Waals surface area contributed by atoms with Gasteiger partial charge in [0.05, 0.1) is 5.52 Å². The Kier molecular flexibility index (Phi) is 7.12. The van der Waals surface area contributed by atoms with Crippen molar-refractivity contribution in [3.63, 3.8) is 0 Å². The number of nitrogens with zero attached hydrogens (tertiary/aromatic N) is 4. The lowest BCUT2D eigenvalue weighted by Gasteiger charge is -2.10. The van der Waals surface area contributed by atoms with Gasteiger partial charge in [0.25, 0.3) is 0 Å². The van der Waals surface area contributed by atoms with Gasteiger partial charge < -0.3 is 0 Å². The van der Waals surface area contributed by atoms with Crippen LogP contribution in [0.2, 0.25) is 0 Å². The predicted octanol–water partition coefficient (Wildman–Crippen LogP) is 9.15. The smallest absolute Gasteiger partial charge is 0.164 e. The molecule has 0 N–H and O–H groups in total. The van der Waals surface area contributed by atoms with Crippen LogP contribution in [0.15, 0.2) is 141 Å². The lowest BCUT2D eigenvalue weighted by atomic mass is 9.98. The van der Waals surface area contributed by atoms with E-state index in [2.05, 4.69) is 84.9 Å². The molecule has 41 heavy (non-hydrogen) atoms. The minimum Gasteiger partial charge on any atom is -0.253 e. The van der Waals surface area contributed by atoms with Crippen molar-refractivity contribution >= 4 is 16.5 Å². The van der Waals surface area contributed by atoms with Gasteiger partial charge >= 0.3 is 0 Å². The molecule has 6 rings (SSSR count). The third-order valence-electron chi connectivity index (χ3n) is 6.94. The topological polar surface area (TPSA) is 51.6 Å². The van der Waals surface area contributed by atoms with Crippen molar-refractivity contribution in [2.24, 2.45) is 0 Å². The van der Waals surface area contributed by atoms with E-state index < -0.39 is 0 Å². The molecule has 0 atom stereocenters. The SMILES string of the molecule is C=C/C=C(\C=C)c1nc(-c2ccccc2)nc(-c2cccc(-c3ccc(-c4ccc5nc(C)ccc5c4)cc3)c2)n1. The maximum Gasteiger partial charge on any atom is 0.164 e. The van der Waals surface area contributed by atoms with Crippen LogP contribution in [0.4, 0.5) is 0 Å². The van der Waals surface area contributed by atoms with Gasteiger partial charge in [-0.1, -0.05) is 116 Å². The number of pyridine rings is 1. The van der Waals surface area contributed by atoms with Crippen LogP contribution in [0.25, 0.3) is 61.5 Å². The molecule has 0 aliphatic rings. The van der Waals surface area contributed by atoms with E-state index in [0.717, 1.165) is 50.0 Å². The van der Waals surface area contributed by atoms with Crippen LogP contribution in [-0.4, -0.2) is 19.9 Å².